The smallest absolute Gasteiger partial charge is 0.192 e. The molecule has 6 heteroatoms. The van der Waals surface area contributed by atoms with Gasteiger partial charge in [0.25, 0.3) is 0 Å². The highest BCUT2D eigenvalue weighted by Crippen LogP contribution is 2.46. The summed E-state index contributed by atoms with van der Waals surface area (Å²) < 4.78 is 0. The van der Waals surface area contributed by atoms with Gasteiger partial charge in [0.2, 0.25) is 0 Å². The molecule has 0 saturated heterocycles. The number of nitrogens with zero attached hydrogens (tertiary/aromatic N) is 1. The van der Waals surface area contributed by atoms with Gasteiger partial charge in [-0.2, -0.15) is 0 Å². The quantitative estimate of drug-likeness (QED) is 0.394. The van der Waals surface area contributed by atoms with Crippen molar-refractivity contribution in [1.29, 1.82) is 0 Å². The minimum Gasteiger partial charge on any atom is -0.871 e. The number of nitrogens with one attached hydrogen (secondary N) is 1. The number of ketones is 1. The first-order valence-electron chi connectivity index (χ1n) is 13.9. The standard InChI is InChI=1S/C33H35ClN2O2S/c1-5-36-26-11-6-7-12-27(26)39-28(36)17-22-10-8-9-21(30(22)34)16-24-31(37)29(32(24)38)20-13-14-25-23(15-20)19(2)18-33(3,4)35-25/h6-7,11-17,19,28,35,37H,5,8-10,18H2,1-4H3/p-1. The Morgan fingerprint density at radius 1 is 1.21 bits per heavy atom. The Balaban J connectivity index is 1.28. The number of fused-ring (bicyclic) bond motifs is 2. The van der Waals surface area contributed by atoms with Gasteiger partial charge in [0, 0.05) is 38.8 Å². The molecule has 0 radical (unpaired) electrons. The fraction of sp³-hybridized carbons (Fsp3) is 0.364. The number of benzene rings is 2. The van der Waals surface area contributed by atoms with Crippen molar-refractivity contribution in [3.05, 3.63) is 93.3 Å². The number of hydrogen-bond acceptors (Lipinski definition) is 5. The van der Waals surface area contributed by atoms with Gasteiger partial charge in [-0.3, -0.25) is 4.79 Å². The van der Waals surface area contributed by atoms with Gasteiger partial charge in [-0.05, 0) is 111 Å². The molecule has 6 rings (SSSR count). The van der Waals surface area contributed by atoms with Gasteiger partial charge in [-0.15, -0.1) is 0 Å². The molecule has 0 fully saturated rings. The first-order chi connectivity index (χ1) is 18.7. The van der Waals surface area contributed by atoms with E-state index in [-0.39, 0.29) is 28.0 Å². The number of halogens is 1. The SMILES string of the molecule is CCN1c2ccccc2SC1C=C1CCCC(C=C2C(=O)C(c3ccc4c(c3)C(C)CC(C)(C)N4)=C2[O-])=C1Cl. The number of para-hydroxylation sites is 1. The number of allylic oxidation sites excluding steroid dienone is 6. The molecule has 2 aromatic rings. The molecule has 2 aliphatic carbocycles. The summed E-state index contributed by atoms with van der Waals surface area (Å²) >= 11 is 8.76. The molecule has 2 atom stereocenters. The minimum atomic E-state index is -0.177. The Kier molecular flexibility index (Phi) is 6.71. The highest BCUT2D eigenvalue weighted by Gasteiger charge is 2.33. The third-order valence-electron chi connectivity index (χ3n) is 8.29. The molecule has 1 N–H and O–H groups in total. The zero-order valence-electron chi connectivity index (χ0n) is 22.9. The van der Waals surface area contributed by atoms with Crippen LogP contribution in [0.2, 0.25) is 0 Å². The van der Waals surface area contributed by atoms with Crippen LogP contribution in [-0.4, -0.2) is 23.2 Å². The molecule has 2 aromatic carbocycles. The predicted octanol–water partition coefficient (Wildman–Crippen LogP) is 7.53. The first kappa shape index (κ1) is 26.3. The van der Waals surface area contributed by atoms with E-state index in [4.69, 9.17) is 11.6 Å². The number of Topliss-reactive ketones (excluding diaryl/α,β-unsaturated/α-hetero) is 1. The second-order valence-electron chi connectivity index (χ2n) is 11.7. The maximum Gasteiger partial charge on any atom is 0.192 e. The van der Waals surface area contributed by atoms with Crippen molar-refractivity contribution >= 4 is 46.1 Å². The van der Waals surface area contributed by atoms with Crippen LogP contribution in [0.4, 0.5) is 11.4 Å². The Morgan fingerprint density at radius 2 is 2.00 bits per heavy atom. The maximum absolute atomic E-state index is 13.2. The molecule has 0 spiro atoms. The van der Waals surface area contributed by atoms with Crippen molar-refractivity contribution in [2.24, 2.45) is 0 Å². The minimum absolute atomic E-state index is 0.0225. The molecule has 2 unspecified atom stereocenters. The van der Waals surface area contributed by atoms with Crippen LogP contribution in [0.25, 0.3) is 5.57 Å². The van der Waals surface area contributed by atoms with Crippen LogP contribution in [0.3, 0.4) is 0 Å². The third kappa shape index (κ3) is 4.64. The van der Waals surface area contributed by atoms with Crippen LogP contribution in [-0.2, 0) is 4.79 Å². The summed E-state index contributed by atoms with van der Waals surface area (Å²) in [4.78, 5) is 16.9. The maximum atomic E-state index is 13.2. The topological polar surface area (TPSA) is 55.4 Å². The number of carbonyl (C=O) groups excluding carboxylic acids is 1. The van der Waals surface area contributed by atoms with E-state index in [0.717, 1.165) is 54.6 Å². The van der Waals surface area contributed by atoms with E-state index in [1.165, 1.54) is 16.1 Å². The highest BCUT2D eigenvalue weighted by molar-refractivity contribution is 8.00. The molecule has 0 saturated carbocycles. The van der Waals surface area contributed by atoms with Crippen LogP contribution >= 0.6 is 23.4 Å². The van der Waals surface area contributed by atoms with E-state index in [2.05, 4.69) is 68.3 Å². The second kappa shape index (κ2) is 9.94. The Bertz CT molecular complexity index is 1500. The number of carbonyl (C=O) groups is 1. The molecule has 202 valence electrons. The van der Waals surface area contributed by atoms with E-state index in [9.17, 15) is 9.90 Å². The summed E-state index contributed by atoms with van der Waals surface area (Å²) in [7, 11) is 0. The average Bonchev–Trinajstić information content (AvgIpc) is 3.26. The molecule has 0 aromatic heterocycles. The fourth-order valence-corrected chi connectivity index (χ4v) is 8.12. The molecular formula is C33H34ClN2O2S-. The number of thioether (sulfide) groups is 1. The second-order valence-corrected chi connectivity index (χ2v) is 13.2. The molecule has 2 aliphatic heterocycles. The van der Waals surface area contributed by atoms with Gasteiger partial charge >= 0.3 is 0 Å². The monoisotopic (exact) mass is 557 g/mol. The molecule has 4 aliphatic rings. The normalized spacial score (nSPS) is 26.1. The molecule has 2 heterocycles. The zero-order chi connectivity index (χ0) is 27.5. The van der Waals surface area contributed by atoms with Crippen molar-refractivity contribution in [3.63, 3.8) is 0 Å². The molecule has 4 nitrogen and oxygen atoms in total. The summed E-state index contributed by atoms with van der Waals surface area (Å²) in [5.41, 5.74) is 6.78. The Morgan fingerprint density at radius 3 is 2.77 bits per heavy atom. The molecule has 39 heavy (non-hydrogen) atoms. The Hall–Kier alpha value is -2.89. The van der Waals surface area contributed by atoms with Crippen molar-refractivity contribution in [2.75, 3.05) is 16.8 Å². The lowest BCUT2D eigenvalue weighted by atomic mass is 9.78. The van der Waals surface area contributed by atoms with E-state index >= 15 is 0 Å². The first-order valence-corrected chi connectivity index (χ1v) is 15.1. The van der Waals surface area contributed by atoms with Crippen molar-refractivity contribution in [3.8, 4) is 0 Å². The lowest BCUT2D eigenvalue weighted by molar-refractivity contribution is -0.297. The Labute approximate surface area is 240 Å². The van der Waals surface area contributed by atoms with Crippen molar-refractivity contribution in [2.45, 2.75) is 75.1 Å². The number of anilines is 2. The average molecular weight is 558 g/mol. The van der Waals surface area contributed by atoms with Crippen LogP contribution < -0.4 is 15.3 Å². The van der Waals surface area contributed by atoms with E-state index in [1.54, 1.807) is 6.08 Å². The van der Waals surface area contributed by atoms with Gasteiger partial charge in [0.05, 0.1) is 11.1 Å². The van der Waals surface area contributed by atoms with Crippen molar-refractivity contribution < 1.29 is 9.90 Å². The molecule has 0 amide bonds. The summed E-state index contributed by atoms with van der Waals surface area (Å²) in [6, 6.07) is 14.4. The summed E-state index contributed by atoms with van der Waals surface area (Å²) in [6.07, 6.45) is 7.62. The number of likely N-dealkylation sites (N-methyl/N-ethyl adjacent to an activating group) is 1. The largest absolute Gasteiger partial charge is 0.871 e. The highest BCUT2D eigenvalue weighted by atomic mass is 35.5. The van der Waals surface area contributed by atoms with Gasteiger partial charge in [0.15, 0.2) is 5.78 Å². The summed E-state index contributed by atoms with van der Waals surface area (Å²) in [5, 5.41) is 17.7. The van der Waals surface area contributed by atoms with E-state index < -0.39 is 0 Å². The van der Waals surface area contributed by atoms with E-state index in [1.807, 2.05) is 30.0 Å². The zero-order valence-corrected chi connectivity index (χ0v) is 24.5. The number of hydrogen-bond donors (Lipinski definition) is 1. The summed E-state index contributed by atoms with van der Waals surface area (Å²) in [5.74, 6) is -0.00425. The van der Waals surface area contributed by atoms with Gasteiger partial charge in [0.1, 0.15) is 0 Å². The van der Waals surface area contributed by atoms with Gasteiger partial charge < -0.3 is 15.3 Å². The van der Waals surface area contributed by atoms with Gasteiger partial charge in [-0.1, -0.05) is 54.2 Å². The fourth-order valence-electron chi connectivity index (χ4n) is 6.47. The molecule has 0 bridgehead atoms. The lowest BCUT2D eigenvalue weighted by Crippen LogP contribution is -2.36. The van der Waals surface area contributed by atoms with Crippen LogP contribution in [0.5, 0.6) is 0 Å². The number of rotatable bonds is 4. The van der Waals surface area contributed by atoms with Crippen molar-refractivity contribution in [1.82, 2.24) is 0 Å². The van der Waals surface area contributed by atoms with Gasteiger partial charge in [-0.25, -0.2) is 0 Å². The van der Waals surface area contributed by atoms with Crippen LogP contribution in [0.15, 0.2) is 87.0 Å². The summed E-state index contributed by atoms with van der Waals surface area (Å²) in [6.45, 7) is 9.68. The van der Waals surface area contributed by atoms with Crippen LogP contribution in [0.1, 0.15) is 70.4 Å². The third-order valence-corrected chi connectivity index (χ3v) is 10.0. The van der Waals surface area contributed by atoms with Crippen LogP contribution in [0, 0.1) is 0 Å². The molecular weight excluding hydrogens is 524 g/mol. The van der Waals surface area contributed by atoms with E-state index in [0.29, 0.717) is 16.5 Å². The lowest BCUT2D eigenvalue weighted by Gasteiger charge is -2.38. The predicted molar refractivity (Wildman–Crippen MR) is 161 cm³/mol.